The van der Waals surface area contributed by atoms with Gasteiger partial charge in [-0.05, 0) is 18.2 Å². The number of ether oxygens (including phenoxy) is 4. The van der Waals surface area contributed by atoms with Crippen LogP contribution in [0.25, 0.3) is 0 Å². The molecule has 0 saturated carbocycles. The van der Waals surface area contributed by atoms with Crippen LogP contribution in [-0.2, 0) is 4.79 Å². The Morgan fingerprint density at radius 2 is 1.91 bits per heavy atom. The summed E-state index contributed by atoms with van der Waals surface area (Å²) in [7, 11) is 0. The van der Waals surface area contributed by atoms with Gasteiger partial charge in [-0.3, -0.25) is 9.59 Å². The van der Waals surface area contributed by atoms with Gasteiger partial charge in [0, 0.05) is 37.0 Å². The third-order valence-corrected chi connectivity index (χ3v) is 3.99. The number of carbonyl (C=O) groups excluding carboxylic acids is 2. The largest absolute Gasteiger partial charge is 0.586 e. The number of hydrogen-bond acceptors (Lipinski definition) is 7. The molecule has 33 heavy (non-hydrogen) atoms. The predicted octanol–water partition coefficient (Wildman–Crippen LogP) is 2.83. The smallest absolute Gasteiger partial charge is 0.484 e. The quantitative estimate of drug-likeness (QED) is 0.513. The Morgan fingerprint density at radius 1 is 1.15 bits per heavy atom. The molecule has 0 spiro atoms. The number of nitrogens with zero attached hydrogens (tertiary/aromatic N) is 1. The average molecular weight is 471 g/mol. The summed E-state index contributed by atoms with van der Waals surface area (Å²) in [5.41, 5.74) is 0.377. The number of aromatic nitrogens is 1. The molecule has 1 aromatic heterocycles. The summed E-state index contributed by atoms with van der Waals surface area (Å²) in [5, 5.41) is 5.02. The molecule has 13 heteroatoms. The molecule has 0 unspecified atom stereocenters. The van der Waals surface area contributed by atoms with E-state index < -0.39 is 31.3 Å². The highest BCUT2D eigenvalue weighted by Gasteiger charge is 2.43. The molecule has 2 heterocycles. The first-order valence-electron chi connectivity index (χ1n) is 9.31. The second-order valence-corrected chi connectivity index (χ2v) is 6.49. The molecule has 2 aromatic rings. The van der Waals surface area contributed by atoms with Crippen molar-refractivity contribution in [2.24, 2.45) is 0 Å². The van der Waals surface area contributed by atoms with Gasteiger partial charge in [-0.1, -0.05) is 6.58 Å². The van der Waals surface area contributed by atoms with Gasteiger partial charge in [-0.25, -0.2) is 4.98 Å². The summed E-state index contributed by atoms with van der Waals surface area (Å²) in [6, 6.07) is 6.11. The summed E-state index contributed by atoms with van der Waals surface area (Å²) in [6.45, 7) is 0.365. The van der Waals surface area contributed by atoms with Crippen LogP contribution in [0.2, 0.25) is 0 Å². The van der Waals surface area contributed by atoms with E-state index in [0.717, 1.165) is 12.3 Å². The van der Waals surface area contributed by atoms with Crippen molar-refractivity contribution in [1.29, 1.82) is 0 Å². The number of rotatable bonds is 10. The van der Waals surface area contributed by atoms with Crippen molar-refractivity contribution in [2.75, 3.05) is 13.2 Å². The Morgan fingerprint density at radius 3 is 2.61 bits per heavy atom. The molecule has 3 rings (SSSR count). The molecular formula is C20H17F4N3O6. The number of alkyl halides is 4. The third-order valence-electron chi connectivity index (χ3n) is 3.99. The van der Waals surface area contributed by atoms with Crippen molar-refractivity contribution in [3.63, 3.8) is 0 Å². The monoisotopic (exact) mass is 471 g/mol. The number of amides is 2. The van der Waals surface area contributed by atoms with E-state index in [4.69, 9.17) is 4.74 Å². The molecule has 1 aromatic carbocycles. The van der Waals surface area contributed by atoms with Gasteiger partial charge in [0.15, 0.2) is 18.1 Å². The SMILES string of the molecule is C=C(CCNC(=O)COc1ccc2c(c1)OC(F)(F)O2)NC(=O)c1ccc(OC(F)F)nc1. The van der Waals surface area contributed by atoms with Crippen LogP contribution in [0.15, 0.2) is 48.8 Å². The lowest BCUT2D eigenvalue weighted by molar-refractivity contribution is -0.286. The first kappa shape index (κ1) is 23.6. The predicted molar refractivity (Wildman–Crippen MR) is 103 cm³/mol. The zero-order chi connectivity index (χ0) is 24.0. The summed E-state index contributed by atoms with van der Waals surface area (Å²) in [4.78, 5) is 27.6. The zero-order valence-electron chi connectivity index (χ0n) is 16.8. The molecular weight excluding hydrogens is 454 g/mol. The second kappa shape index (κ2) is 10.1. The van der Waals surface area contributed by atoms with Gasteiger partial charge in [0.25, 0.3) is 11.8 Å². The van der Waals surface area contributed by atoms with Crippen LogP contribution in [0.1, 0.15) is 16.8 Å². The van der Waals surface area contributed by atoms with Crippen molar-refractivity contribution >= 4 is 11.8 Å². The van der Waals surface area contributed by atoms with Gasteiger partial charge in [0.1, 0.15) is 5.75 Å². The van der Waals surface area contributed by atoms with E-state index in [1.54, 1.807) is 0 Å². The molecule has 2 amide bonds. The van der Waals surface area contributed by atoms with E-state index in [1.165, 1.54) is 24.3 Å². The maximum Gasteiger partial charge on any atom is 0.586 e. The highest BCUT2D eigenvalue weighted by Crippen LogP contribution is 2.42. The van der Waals surface area contributed by atoms with Crippen molar-refractivity contribution in [1.82, 2.24) is 15.6 Å². The van der Waals surface area contributed by atoms with Crippen molar-refractivity contribution in [3.05, 3.63) is 54.4 Å². The number of nitrogens with one attached hydrogen (secondary N) is 2. The van der Waals surface area contributed by atoms with Gasteiger partial charge in [0.05, 0.1) is 5.56 Å². The molecule has 176 valence electrons. The molecule has 0 aliphatic carbocycles. The molecule has 0 saturated heterocycles. The van der Waals surface area contributed by atoms with Crippen LogP contribution in [0.5, 0.6) is 23.1 Å². The van der Waals surface area contributed by atoms with Crippen molar-refractivity contribution in [3.8, 4) is 23.1 Å². The summed E-state index contributed by atoms with van der Waals surface area (Å²) < 4.78 is 68.1. The number of hydrogen-bond donors (Lipinski definition) is 2. The molecule has 0 radical (unpaired) electrons. The van der Waals surface area contributed by atoms with E-state index in [2.05, 4.69) is 36.4 Å². The maximum absolute atomic E-state index is 13.0. The van der Waals surface area contributed by atoms with Crippen LogP contribution >= 0.6 is 0 Å². The molecule has 0 bridgehead atoms. The number of fused-ring (bicyclic) bond motifs is 1. The van der Waals surface area contributed by atoms with Crippen LogP contribution in [0, 0.1) is 0 Å². The van der Waals surface area contributed by atoms with Crippen LogP contribution in [0.3, 0.4) is 0 Å². The highest BCUT2D eigenvalue weighted by atomic mass is 19.3. The van der Waals surface area contributed by atoms with Crippen LogP contribution < -0.4 is 29.6 Å². The van der Waals surface area contributed by atoms with E-state index in [9.17, 15) is 27.2 Å². The van der Waals surface area contributed by atoms with Gasteiger partial charge < -0.3 is 29.6 Å². The molecule has 2 N–H and O–H groups in total. The third kappa shape index (κ3) is 6.98. The molecule has 9 nitrogen and oxygen atoms in total. The Hall–Kier alpha value is -4.03. The lowest BCUT2D eigenvalue weighted by Crippen LogP contribution is -2.31. The first-order valence-corrected chi connectivity index (χ1v) is 9.31. The number of pyridine rings is 1. The fraction of sp³-hybridized carbons (Fsp3) is 0.250. The fourth-order valence-corrected chi connectivity index (χ4v) is 2.54. The van der Waals surface area contributed by atoms with E-state index >= 15 is 0 Å². The molecule has 0 atom stereocenters. The minimum Gasteiger partial charge on any atom is -0.484 e. The topological polar surface area (TPSA) is 108 Å². The van der Waals surface area contributed by atoms with Gasteiger partial charge >= 0.3 is 12.9 Å². The second-order valence-electron chi connectivity index (χ2n) is 6.49. The number of halogens is 4. The number of benzene rings is 1. The van der Waals surface area contributed by atoms with Gasteiger partial charge in [0.2, 0.25) is 5.88 Å². The van der Waals surface area contributed by atoms with Crippen LogP contribution in [0.4, 0.5) is 17.6 Å². The average Bonchev–Trinajstić information content (AvgIpc) is 3.05. The number of carbonyl (C=O) groups is 2. The standard InChI is InChI=1S/C20H17F4N3O6/c1-11(27-18(29)12-2-5-17(26-9-12)31-19(21)22)6-7-25-16(28)10-30-13-3-4-14-15(8-13)33-20(23,24)32-14/h2-5,8-9,19H,1,6-7,10H2,(H,25,28)(H,27,29). The zero-order valence-corrected chi connectivity index (χ0v) is 16.8. The van der Waals surface area contributed by atoms with Crippen molar-refractivity contribution < 1.29 is 46.1 Å². The summed E-state index contributed by atoms with van der Waals surface area (Å²) >= 11 is 0. The normalized spacial score (nSPS) is 13.4. The maximum atomic E-state index is 13.0. The summed E-state index contributed by atoms with van der Waals surface area (Å²) in [6.07, 6.45) is -2.49. The molecule has 0 fully saturated rings. The Labute approximate surface area is 184 Å². The summed E-state index contributed by atoms with van der Waals surface area (Å²) in [5.74, 6) is -1.64. The Kier molecular flexibility index (Phi) is 7.20. The van der Waals surface area contributed by atoms with Crippen molar-refractivity contribution in [2.45, 2.75) is 19.3 Å². The van der Waals surface area contributed by atoms with Gasteiger partial charge in [-0.2, -0.15) is 8.78 Å². The highest BCUT2D eigenvalue weighted by molar-refractivity contribution is 5.95. The Bertz CT molecular complexity index is 1030. The lowest BCUT2D eigenvalue weighted by Gasteiger charge is -2.10. The van der Waals surface area contributed by atoms with E-state index in [0.29, 0.717) is 0 Å². The first-order chi connectivity index (χ1) is 15.6. The fourth-order valence-electron chi connectivity index (χ4n) is 2.54. The minimum atomic E-state index is -3.75. The van der Waals surface area contributed by atoms with Gasteiger partial charge in [-0.15, -0.1) is 8.78 Å². The molecule has 1 aliphatic heterocycles. The molecule has 1 aliphatic rings. The Balaban J connectivity index is 1.36. The minimum absolute atomic E-state index is 0.0942. The lowest BCUT2D eigenvalue weighted by atomic mass is 10.2. The van der Waals surface area contributed by atoms with E-state index in [1.807, 2.05) is 0 Å². The van der Waals surface area contributed by atoms with E-state index in [-0.39, 0.29) is 47.4 Å². The van der Waals surface area contributed by atoms with Crippen LogP contribution in [-0.4, -0.2) is 42.9 Å².